The summed E-state index contributed by atoms with van der Waals surface area (Å²) in [6.45, 7) is 11.2. The summed E-state index contributed by atoms with van der Waals surface area (Å²) in [4.78, 5) is 29.0. The van der Waals surface area contributed by atoms with Gasteiger partial charge in [-0.05, 0) is 57.6 Å². The SMILES string of the molecule is CC(C)C(Oc1ccccc1C#N)C(=O)N1CCCC(CN(C)C(=O)OC(C)(C)C)C1. The standard InChI is InChI=1S/C24H35N3O4/c1-17(2)21(30-20-12-8-7-11-19(20)14-25)22(28)27-13-9-10-18(16-27)15-26(6)23(29)31-24(3,4)5/h7-8,11-12,17-18,21H,9-10,13,15-16H2,1-6H3. The molecule has 1 aromatic rings. The van der Waals surface area contributed by atoms with Crippen molar-refractivity contribution in [1.29, 1.82) is 5.26 Å². The molecule has 1 aliphatic rings. The summed E-state index contributed by atoms with van der Waals surface area (Å²) in [5.74, 6) is 0.473. The van der Waals surface area contributed by atoms with Crippen LogP contribution in [0.4, 0.5) is 4.79 Å². The Morgan fingerprint density at radius 3 is 2.58 bits per heavy atom. The number of carbonyl (C=O) groups excluding carboxylic acids is 2. The first-order valence-corrected chi connectivity index (χ1v) is 10.9. The van der Waals surface area contributed by atoms with E-state index in [9.17, 15) is 14.9 Å². The normalized spacial score (nSPS) is 17.6. The Kier molecular flexibility index (Phi) is 8.32. The number of carbonyl (C=O) groups is 2. The first-order valence-electron chi connectivity index (χ1n) is 10.9. The monoisotopic (exact) mass is 429 g/mol. The van der Waals surface area contributed by atoms with Crippen molar-refractivity contribution in [2.45, 2.75) is 59.2 Å². The lowest BCUT2D eigenvalue weighted by Crippen LogP contribution is -2.50. The van der Waals surface area contributed by atoms with Gasteiger partial charge in [-0.1, -0.05) is 26.0 Å². The molecule has 0 N–H and O–H groups in total. The molecule has 1 saturated heterocycles. The predicted octanol–water partition coefficient (Wildman–Crippen LogP) is 4.07. The number of amides is 2. The molecular formula is C24H35N3O4. The van der Waals surface area contributed by atoms with Crippen LogP contribution in [0.2, 0.25) is 0 Å². The highest BCUT2D eigenvalue weighted by Crippen LogP contribution is 2.24. The number of nitriles is 1. The fraction of sp³-hybridized carbons (Fsp3) is 0.625. The highest BCUT2D eigenvalue weighted by Gasteiger charge is 2.33. The molecule has 0 saturated carbocycles. The summed E-state index contributed by atoms with van der Waals surface area (Å²) in [5, 5.41) is 9.32. The van der Waals surface area contributed by atoms with Gasteiger partial charge >= 0.3 is 6.09 Å². The second-order valence-corrected chi connectivity index (χ2v) is 9.54. The van der Waals surface area contributed by atoms with Crippen LogP contribution in [0, 0.1) is 23.2 Å². The van der Waals surface area contributed by atoms with Crippen LogP contribution >= 0.6 is 0 Å². The van der Waals surface area contributed by atoms with Gasteiger partial charge in [0.05, 0.1) is 5.56 Å². The van der Waals surface area contributed by atoms with Crippen LogP contribution in [0.3, 0.4) is 0 Å². The zero-order valence-corrected chi connectivity index (χ0v) is 19.6. The molecule has 0 aromatic heterocycles. The molecule has 2 atom stereocenters. The Morgan fingerprint density at radius 2 is 1.97 bits per heavy atom. The molecule has 0 bridgehead atoms. The highest BCUT2D eigenvalue weighted by atomic mass is 16.6. The van der Waals surface area contributed by atoms with E-state index in [-0.39, 0.29) is 23.8 Å². The minimum absolute atomic E-state index is 0.0518. The van der Waals surface area contributed by atoms with Crippen LogP contribution in [0.25, 0.3) is 0 Å². The number of piperidine rings is 1. The Bertz CT molecular complexity index is 810. The highest BCUT2D eigenvalue weighted by molar-refractivity contribution is 5.81. The van der Waals surface area contributed by atoms with Gasteiger partial charge in [0, 0.05) is 26.7 Å². The Labute approximate surface area is 185 Å². The Morgan fingerprint density at radius 1 is 1.29 bits per heavy atom. The summed E-state index contributed by atoms with van der Waals surface area (Å²) in [6.07, 6.45) is 0.795. The van der Waals surface area contributed by atoms with Gasteiger partial charge in [0.1, 0.15) is 17.4 Å². The second kappa shape index (κ2) is 10.5. The lowest BCUT2D eigenvalue weighted by atomic mass is 9.96. The number of rotatable bonds is 6. The molecule has 7 heteroatoms. The number of hydrogen-bond acceptors (Lipinski definition) is 5. The van der Waals surface area contributed by atoms with Crippen molar-refractivity contribution >= 4 is 12.0 Å². The average molecular weight is 430 g/mol. The largest absolute Gasteiger partial charge is 0.479 e. The molecule has 2 unspecified atom stereocenters. The number of nitrogens with zero attached hydrogens (tertiary/aromatic N) is 3. The predicted molar refractivity (Wildman–Crippen MR) is 119 cm³/mol. The lowest BCUT2D eigenvalue weighted by molar-refractivity contribution is -0.142. The quantitative estimate of drug-likeness (QED) is 0.681. The van der Waals surface area contributed by atoms with E-state index in [2.05, 4.69) is 6.07 Å². The van der Waals surface area contributed by atoms with Crippen molar-refractivity contribution in [3.05, 3.63) is 29.8 Å². The zero-order valence-electron chi connectivity index (χ0n) is 19.6. The maximum atomic E-state index is 13.3. The minimum Gasteiger partial charge on any atom is -0.479 e. The van der Waals surface area contributed by atoms with Crippen molar-refractivity contribution in [2.24, 2.45) is 11.8 Å². The number of ether oxygens (including phenoxy) is 2. The molecule has 0 aliphatic carbocycles. The molecule has 0 radical (unpaired) electrons. The van der Waals surface area contributed by atoms with E-state index in [1.807, 2.05) is 39.5 Å². The van der Waals surface area contributed by atoms with Crippen molar-refractivity contribution < 1.29 is 19.1 Å². The molecule has 170 valence electrons. The van der Waals surface area contributed by atoms with Gasteiger partial charge in [0.15, 0.2) is 6.10 Å². The summed E-state index contributed by atoms with van der Waals surface area (Å²) in [7, 11) is 1.73. The van der Waals surface area contributed by atoms with E-state index in [1.165, 1.54) is 0 Å². The van der Waals surface area contributed by atoms with Crippen molar-refractivity contribution in [1.82, 2.24) is 9.80 Å². The fourth-order valence-electron chi connectivity index (χ4n) is 3.67. The molecule has 31 heavy (non-hydrogen) atoms. The van der Waals surface area contributed by atoms with Crippen LogP contribution in [0.5, 0.6) is 5.75 Å². The molecule has 7 nitrogen and oxygen atoms in total. The molecule has 1 fully saturated rings. The van der Waals surface area contributed by atoms with Gasteiger partial charge in [0.25, 0.3) is 5.91 Å². The smallest absolute Gasteiger partial charge is 0.410 e. The van der Waals surface area contributed by atoms with E-state index in [0.29, 0.717) is 30.9 Å². The molecule has 0 spiro atoms. The van der Waals surface area contributed by atoms with Gasteiger partial charge in [0.2, 0.25) is 0 Å². The topological polar surface area (TPSA) is 82.9 Å². The summed E-state index contributed by atoms with van der Waals surface area (Å²) >= 11 is 0. The second-order valence-electron chi connectivity index (χ2n) is 9.54. The molecule has 1 aliphatic heterocycles. The van der Waals surface area contributed by atoms with Gasteiger partial charge in [-0.25, -0.2) is 4.79 Å². The van der Waals surface area contributed by atoms with Crippen LogP contribution in [-0.4, -0.2) is 60.2 Å². The molecule has 2 amide bonds. The van der Waals surface area contributed by atoms with Crippen LogP contribution < -0.4 is 4.74 Å². The van der Waals surface area contributed by atoms with E-state index in [4.69, 9.17) is 9.47 Å². The van der Waals surface area contributed by atoms with E-state index < -0.39 is 11.7 Å². The molecule has 2 rings (SSSR count). The van der Waals surface area contributed by atoms with Crippen LogP contribution in [0.1, 0.15) is 53.0 Å². The van der Waals surface area contributed by atoms with Gasteiger partial charge in [-0.2, -0.15) is 5.26 Å². The first-order chi connectivity index (χ1) is 14.5. The number of benzene rings is 1. The minimum atomic E-state index is -0.670. The van der Waals surface area contributed by atoms with Crippen LogP contribution in [0.15, 0.2) is 24.3 Å². The van der Waals surface area contributed by atoms with E-state index in [1.54, 1.807) is 36.2 Å². The third-order valence-corrected chi connectivity index (χ3v) is 5.18. The zero-order chi connectivity index (χ0) is 23.2. The van der Waals surface area contributed by atoms with Crippen LogP contribution in [-0.2, 0) is 9.53 Å². The van der Waals surface area contributed by atoms with Crippen molar-refractivity contribution in [3.8, 4) is 11.8 Å². The first kappa shape index (κ1) is 24.5. The number of likely N-dealkylation sites (tertiary alicyclic amines) is 1. The molecular weight excluding hydrogens is 394 g/mol. The molecule has 1 heterocycles. The van der Waals surface area contributed by atoms with Crippen molar-refractivity contribution in [2.75, 3.05) is 26.7 Å². The van der Waals surface area contributed by atoms with Gasteiger partial charge in [-0.15, -0.1) is 0 Å². The lowest BCUT2D eigenvalue weighted by Gasteiger charge is -2.37. The van der Waals surface area contributed by atoms with Gasteiger partial charge in [-0.3, -0.25) is 4.79 Å². The summed E-state index contributed by atoms with van der Waals surface area (Å²) in [6, 6.07) is 9.08. The van der Waals surface area contributed by atoms with E-state index in [0.717, 1.165) is 12.8 Å². The number of hydrogen-bond donors (Lipinski definition) is 0. The third-order valence-electron chi connectivity index (χ3n) is 5.18. The Balaban J connectivity index is 2.04. The molecule has 1 aromatic carbocycles. The van der Waals surface area contributed by atoms with E-state index >= 15 is 0 Å². The Hall–Kier alpha value is -2.75. The summed E-state index contributed by atoms with van der Waals surface area (Å²) < 4.78 is 11.5. The van der Waals surface area contributed by atoms with Crippen molar-refractivity contribution in [3.63, 3.8) is 0 Å². The number of para-hydroxylation sites is 1. The average Bonchev–Trinajstić information content (AvgIpc) is 2.70. The van der Waals surface area contributed by atoms with Gasteiger partial charge < -0.3 is 19.3 Å². The third kappa shape index (κ3) is 7.16. The maximum absolute atomic E-state index is 13.3. The fourth-order valence-corrected chi connectivity index (χ4v) is 3.67. The summed E-state index contributed by atoms with van der Waals surface area (Å²) in [5.41, 5.74) is -0.127. The maximum Gasteiger partial charge on any atom is 0.410 e.